The topological polar surface area (TPSA) is 12.0 Å². The maximum atomic E-state index is 3.28. The third-order valence-electron chi connectivity index (χ3n) is 2.37. The van der Waals surface area contributed by atoms with E-state index >= 15 is 0 Å². The second kappa shape index (κ2) is 3.50. The lowest BCUT2D eigenvalue weighted by Crippen LogP contribution is -2.39. The standard InChI is InChI=1S/C10H13NS/c1-12-10-4-2-8(3-5-10)9-6-11-7-9/h2-5,9,11H,6-7H2,1H3. The first-order valence-electron chi connectivity index (χ1n) is 4.25. The lowest BCUT2D eigenvalue weighted by Gasteiger charge is -2.27. The highest BCUT2D eigenvalue weighted by Crippen LogP contribution is 2.22. The predicted molar refractivity (Wildman–Crippen MR) is 53.8 cm³/mol. The fourth-order valence-corrected chi connectivity index (χ4v) is 1.81. The molecule has 0 unspecified atom stereocenters. The van der Waals surface area contributed by atoms with Gasteiger partial charge in [0.05, 0.1) is 0 Å². The van der Waals surface area contributed by atoms with Gasteiger partial charge in [0.15, 0.2) is 0 Å². The van der Waals surface area contributed by atoms with Gasteiger partial charge in [0.25, 0.3) is 0 Å². The molecule has 1 fully saturated rings. The van der Waals surface area contributed by atoms with Crippen molar-refractivity contribution in [1.29, 1.82) is 0 Å². The Labute approximate surface area is 77.6 Å². The Bertz CT molecular complexity index is 251. The summed E-state index contributed by atoms with van der Waals surface area (Å²) in [6.45, 7) is 2.30. The molecule has 1 nitrogen and oxygen atoms in total. The summed E-state index contributed by atoms with van der Waals surface area (Å²) in [6, 6.07) is 8.91. The molecule has 2 rings (SSSR count). The Hall–Kier alpha value is -0.470. The summed E-state index contributed by atoms with van der Waals surface area (Å²) in [5.41, 5.74) is 1.48. The smallest absolute Gasteiger partial charge is 0.00885 e. The van der Waals surface area contributed by atoms with E-state index in [0.29, 0.717) is 0 Å². The summed E-state index contributed by atoms with van der Waals surface area (Å²) in [6.07, 6.45) is 2.11. The fourth-order valence-electron chi connectivity index (χ4n) is 1.40. The van der Waals surface area contributed by atoms with E-state index in [1.54, 1.807) is 11.8 Å². The van der Waals surface area contributed by atoms with Crippen LogP contribution in [0.15, 0.2) is 29.2 Å². The van der Waals surface area contributed by atoms with Crippen LogP contribution in [0.1, 0.15) is 11.5 Å². The zero-order valence-electron chi connectivity index (χ0n) is 7.21. The molecule has 64 valence electrons. The van der Waals surface area contributed by atoms with Crippen LogP contribution in [0.5, 0.6) is 0 Å². The molecule has 0 amide bonds. The van der Waals surface area contributed by atoms with Crippen molar-refractivity contribution in [3.8, 4) is 0 Å². The molecule has 0 spiro atoms. The minimum Gasteiger partial charge on any atom is -0.315 e. The Kier molecular flexibility index (Phi) is 2.38. The van der Waals surface area contributed by atoms with Crippen molar-refractivity contribution in [2.75, 3.05) is 19.3 Å². The van der Waals surface area contributed by atoms with E-state index in [1.165, 1.54) is 10.5 Å². The Morgan fingerprint density at radius 1 is 1.25 bits per heavy atom. The number of hydrogen-bond donors (Lipinski definition) is 1. The molecule has 1 aliphatic heterocycles. The van der Waals surface area contributed by atoms with Crippen LogP contribution in [0.3, 0.4) is 0 Å². The lowest BCUT2D eigenvalue weighted by molar-refractivity contribution is 0.448. The quantitative estimate of drug-likeness (QED) is 0.698. The maximum absolute atomic E-state index is 3.28. The summed E-state index contributed by atoms with van der Waals surface area (Å²) >= 11 is 1.80. The van der Waals surface area contributed by atoms with Gasteiger partial charge in [-0.05, 0) is 24.0 Å². The molecular weight excluding hydrogens is 166 g/mol. The minimum atomic E-state index is 0.765. The zero-order chi connectivity index (χ0) is 8.39. The summed E-state index contributed by atoms with van der Waals surface area (Å²) in [7, 11) is 0. The molecule has 1 aliphatic rings. The first kappa shape index (κ1) is 8.14. The first-order valence-corrected chi connectivity index (χ1v) is 5.47. The second-order valence-corrected chi connectivity index (χ2v) is 4.01. The van der Waals surface area contributed by atoms with E-state index in [1.807, 2.05) is 0 Å². The summed E-state index contributed by atoms with van der Waals surface area (Å²) in [5.74, 6) is 0.765. The molecule has 12 heavy (non-hydrogen) atoms. The third kappa shape index (κ3) is 1.50. The SMILES string of the molecule is CSc1ccc(C2CNC2)cc1. The zero-order valence-corrected chi connectivity index (χ0v) is 8.03. The van der Waals surface area contributed by atoms with Gasteiger partial charge in [-0.3, -0.25) is 0 Å². The van der Waals surface area contributed by atoms with Gasteiger partial charge in [0, 0.05) is 23.9 Å². The van der Waals surface area contributed by atoms with Crippen molar-refractivity contribution >= 4 is 11.8 Å². The second-order valence-electron chi connectivity index (χ2n) is 3.13. The molecule has 0 bridgehead atoms. The Balaban J connectivity index is 2.13. The summed E-state index contributed by atoms with van der Waals surface area (Å²) in [5, 5.41) is 3.28. The molecule has 0 atom stereocenters. The Morgan fingerprint density at radius 2 is 1.92 bits per heavy atom. The van der Waals surface area contributed by atoms with Gasteiger partial charge in [-0.2, -0.15) is 0 Å². The molecular formula is C10H13NS. The first-order chi connectivity index (χ1) is 5.90. The minimum absolute atomic E-state index is 0.765. The molecule has 0 radical (unpaired) electrons. The average Bonchev–Trinajstić information content (AvgIpc) is 2.03. The van der Waals surface area contributed by atoms with Crippen LogP contribution in [0, 0.1) is 0 Å². The maximum Gasteiger partial charge on any atom is 0.00885 e. The van der Waals surface area contributed by atoms with Crippen molar-refractivity contribution in [3.05, 3.63) is 29.8 Å². The highest BCUT2D eigenvalue weighted by atomic mass is 32.2. The van der Waals surface area contributed by atoms with Crippen LogP contribution in [-0.2, 0) is 0 Å². The number of thioether (sulfide) groups is 1. The van der Waals surface area contributed by atoms with Crippen LogP contribution < -0.4 is 5.32 Å². The van der Waals surface area contributed by atoms with E-state index in [0.717, 1.165) is 19.0 Å². The van der Waals surface area contributed by atoms with Crippen molar-refractivity contribution in [3.63, 3.8) is 0 Å². The average molecular weight is 179 g/mol. The van der Waals surface area contributed by atoms with E-state index in [-0.39, 0.29) is 0 Å². The highest BCUT2D eigenvalue weighted by Gasteiger charge is 2.17. The summed E-state index contributed by atoms with van der Waals surface area (Å²) < 4.78 is 0. The van der Waals surface area contributed by atoms with Crippen molar-refractivity contribution < 1.29 is 0 Å². The van der Waals surface area contributed by atoms with Crippen LogP contribution in [-0.4, -0.2) is 19.3 Å². The fraction of sp³-hybridized carbons (Fsp3) is 0.400. The van der Waals surface area contributed by atoms with Gasteiger partial charge in [0.1, 0.15) is 0 Å². The van der Waals surface area contributed by atoms with E-state index in [4.69, 9.17) is 0 Å². The lowest BCUT2D eigenvalue weighted by atomic mass is 9.94. The number of hydrogen-bond acceptors (Lipinski definition) is 2. The predicted octanol–water partition coefficient (Wildman–Crippen LogP) is 2.10. The number of benzene rings is 1. The molecule has 1 heterocycles. The van der Waals surface area contributed by atoms with E-state index in [2.05, 4.69) is 35.8 Å². The van der Waals surface area contributed by atoms with Crippen LogP contribution in [0.25, 0.3) is 0 Å². The third-order valence-corrected chi connectivity index (χ3v) is 3.11. The van der Waals surface area contributed by atoms with Crippen molar-refractivity contribution in [2.24, 2.45) is 0 Å². The normalized spacial score (nSPS) is 17.4. The van der Waals surface area contributed by atoms with Gasteiger partial charge in [0.2, 0.25) is 0 Å². The van der Waals surface area contributed by atoms with Gasteiger partial charge in [-0.15, -0.1) is 11.8 Å². The molecule has 0 aromatic heterocycles. The van der Waals surface area contributed by atoms with Crippen molar-refractivity contribution in [2.45, 2.75) is 10.8 Å². The molecule has 0 saturated carbocycles. The monoisotopic (exact) mass is 179 g/mol. The van der Waals surface area contributed by atoms with E-state index in [9.17, 15) is 0 Å². The van der Waals surface area contributed by atoms with E-state index < -0.39 is 0 Å². The van der Waals surface area contributed by atoms with Crippen LogP contribution in [0.2, 0.25) is 0 Å². The van der Waals surface area contributed by atoms with Crippen LogP contribution >= 0.6 is 11.8 Å². The summed E-state index contributed by atoms with van der Waals surface area (Å²) in [4.78, 5) is 1.35. The van der Waals surface area contributed by atoms with Gasteiger partial charge in [-0.1, -0.05) is 12.1 Å². The van der Waals surface area contributed by atoms with Crippen LogP contribution in [0.4, 0.5) is 0 Å². The molecule has 2 heteroatoms. The molecule has 1 saturated heterocycles. The number of rotatable bonds is 2. The molecule has 0 aliphatic carbocycles. The van der Waals surface area contributed by atoms with Gasteiger partial charge >= 0.3 is 0 Å². The molecule has 1 aromatic carbocycles. The van der Waals surface area contributed by atoms with Gasteiger partial charge in [-0.25, -0.2) is 0 Å². The van der Waals surface area contributed by atoms with Crippen molar-refractivity contribution in [1.82, 2.24) is 5.32 Å². The highest BCUT2D eigenvalue weighted by molar-refractivity contribution is 7.98. The molecule has 1 aromatic rings. The molecule has 1 N–H and O–H groups in total. The van der Waals surface area contributed by atoms with Gasteiger partial charge < -0.3 is 5.32 Å². The Morgan fingerprint density at radius 3 is 2.33 bits per heavy atom. The number of nitrogens with one attached hydrogen (secondary N) is 1. The largest absolute Gasteiger partial charge is 0.315 e.